The van der Waals surface area contributed by atoms with Crippen LogP contribution in [-0.4, -0.2) is 29.8 Å². The van der Waals surface area contributed by atoms with Gasteiger partial charge in [0.15, 0.2) is 5.11 Å². The molecule has 8 heteroatoms. The van der Waals surface area contributed by atoms with Crippen LogP contribution < -0.4 is 10.6 Å². The van der Waals surface area contributed by atoms with Crippen molar-refractivity contribution in [3.63, 3.8) is 0 Å². The third-order valence-electron chi connectivity index (χ3n) is 3.21. The number of hydrogen-bond acceptors (Lipinski definition) is 4. The molecule has 1 aliphatic carbocycles. The van der Waals surface area contributed by atoms with Gasteiger partial charge >= 0.3 is 0 Å². The number of nitrogens with one attached hydrogen (secondary N) is 2. The van der Waals surface area contributed by atoms with Crippen LogP contribution in [0, 0.1) is 16.0 Å². The van der Waals surface area contributed by atoms with E-state index in [4.69, 9.17) is 28.6 Å². The van der Waals surface area contributed by atoms with Crippen LogP contribution in [0.25, 0.3) is 0 Å². The van der Waals surface area contributed by atoms with Crippen LogP contribution in [0.3, 0.4) is 0 Å². The fourth-order valence-electron chi connectivity index (χ4n) is 1.80. The molecule has 0 aromatic heterocycles. The summed E-state index contributed by atoms with van der Waals surface area (Å²) in [6, 6.07) is 4.17. The van der Waals surface area contributed by atoms with E-state index in [1.807, 2.05) is 0 Å². The van der Waals surface area contributed by atoms with Crippen molar-refractivity contribution >= 4 is 40.3 Å². The lowest BCUT2D eigenvalue weighted by Gasteiger charge is -2.11. The Morgan fingerprint density at radius 1 is 1.50 bits per heavy atom. The molecule has 1 aromatic rings. The number of hydrogen-bond donors (Lipinski definition) is 2. The zero-order valence-corrected chi connectivity index (χ0v) is 13.6. The monoisotopic (exact) mass is 343 g/mol. The predicted molar refractivity (Wildman–Crippen MR) is 90.5 cm³/mol. The van der Waals surface area contributed by atoms with Crippen LogP contribution >= 0.6 is 23.8 Å². The SMILES string of the molecule is O=[N+]([O-])c1ccc(Cl)c(NC(=S)NCCCOCC2CC2)c1. The standard InChI is InChI=1S/C14H18ClN3O3S/c15-12-5-4-11(18(19)20)8-13(12)17-14(22)16-6-1-7-21-9-10-2-3-10/h4-5,8,10H,1-3,6-7,9H2,(H2,16,17,22). The molecule has 6 nitrogen and oxygen atoms in total. The first-order chi connectivity index (χ1) is 10.6. The number of nitrogens with zero attached hydrogens (tertiary/aromatic N) is 1. The minimum absolute atomic E-state index is 0.0387. The minimum atomic E-state index is -0.477. The summed E-state index contributed by atoms with van der Waals surface area (Å²) in [5, 5.41) is 17.4. The molecule has 2 rings (SSSR count). The van der Waals surface area contributed by atoms with Gasteiger partial charge in [-0.2, -0.15) is 0 Å². The molecule has 120 valence electrons. The van der Waals surface area contributed by atoms with Gasteiger partial charge in [0.1, 0.15) is 0 Å². The van der Waals surface area contributed by atoms with Gasteiger partial charge in [0.05, 0.1) is 15.6 Å². The first-order valence-electron chi connectivity index (χ1n) is 7.13. The Morgan fingerprint density at radius 3 is 2.95 bits per heavy atom. The van der Waals surface area contributed by atoms with E-state index in [2.05, 4.69) is 10.6 Å². The summed E-state index contributed by atoms with van der Waals surface area (Å²) in [5.41, 5.74) is 0.376. The Labute approximate surface area is 139 Å². The zero-order chi connectivity index (χ0) is 15.9. The lowest BCUT2D eigenvalue weighted by molar-refractivity contribution is -0.384. The summed E-state index contributed by atoms with van der Waals surface area (Å²) in [7, 11) is 0. The van der Waals surface area contributed by atoms with E-state index in [1.54, 1.807) is 0 Å². The van der Waals surface area contributed by atoms with E-state index in [0.29, 0.717) is 29.0 Å². The molecule has 0 atom stereocenters. The number of nitro benzene ring substituents is 1. The molecule has 0 spiro atoms. The molecular formula is C14H18ClN3O3S. The maximum Gasteiger partial charge on any atom is 0.271 e. The Balaban J connectivity index is 1.69. The number of anilines is 1. The van der Waals surface area contributed by atoms with Crippen molar-refractivity contribution in [1.82, 2.24) is 5.32 Å². The average molecular weight is 344 g/mol. The molecule has 1 aliphatic rings. The number of nitro groups is 1. The summed E-state index contributed by atoms with van der Waals surface area (Å²) < 4.78 is 5.52. The van der Waals surface area contributed by atoms with Crippen LogP contribution in [0.2, 0.25) is 5.02 Å². The number of ether oxygens (including phenoxy) is 1. The first-order valence-corrected chi connectivity index (χ1v) is 7.91. The third kappa shape index (κ3) is 5.75. The van der Waals surface area contributed by atoms with E-state index < -0.39 is 4.92 Å². The fraction of sp³-hybridized carbons (Fsp3) is 0.500. The predicted octanol–water partition coefficient (Wildman–Crippen LogP) is 3.35. The summed E-state index contributed by atoms with van der Waals surface area (Å²) in [6.07, 6.45) is 3.42. The molecule has 2 N–H and O–H groups in total. The van der Waals surface area contributed by atoms with Gasteiger partial charge in [-0.15, -0.1) is 0 Å². The molecule has 0 radical (unpaired) electrons. The van der Waals surface area contributed by atoms with Gasteiger partial charge < -0.3 is 15.4 Å². The second kappa shape index (κ2) is 8.26. The largest absolute Gasteiger partial charge is 0.381 e. The van der Waals surface area contributed by atoms with Crippen molar-refractivity contribution in [2.24, 2.45) is 5.92 Å². The molecule has 0 saturated heterocycles. The Hall–Kier alpha value is -1.44. The normalized spacial score (nSPS) is 13.7. The maximum atomic E-state index is 10.7. The Morgan fingerprint density at radius 2 is 2.27 bits per heavy atom. The van der Waals surface area contributed by atoms with E-state index >= 15 is 0 Å². The highest BCUT2D eigenvalue weighted by atomic mass is 35.5. The molecule has 0 unspecified atom stereocenters. The van der Waals surface area contributed by atoms with Crippen molar-refractivity contribution in [3.8, 4) is 0 Å². The molecule has 1 aromatic carbocycles. The summed E-state index contributed by atoms with van der Waals surface area (Å²) >= 11 is 11.1. The van der Waals surface area contributed by atoms with Gasteiger partial charge in [-0.25, -0.2) is 0 Å². The number of rotatable bonds is 8. The van der Waals surface area contributed by atoms with Gasteiger partial charge in [-0.05, 0) is 43.5 Å². The molecule has 0 aliphatic heterocycles. The lowest BCUT2D eigenvalue weighted by atomic mass is 10.3. The van der Waals surface area contributed by atoms with Crippen molar-refractivity contribution < 1.29 is 9.66 Å². The summed E-state index contributed by atoms with van der Waals surface area (Å²) in [4.78, 5) is 10.3. The number of thiocarbonyl (C=S) groups is 1. The molecule has 1 saturated carbocycles. The maximum absolute atomic E-state index is 10.7. The van der Waals surface area contributed by atoms with Crippen LogP contribution in [-0.2, 0) is 4.74 Å². The highest BCUT2D eigenvalue weighted by Crippen LogP contribution is 2.28. The highest BCUT2D eigenvalue weighted by Gasteiger charge is 2.20. The quantitative estimate of drug-likeness (QED) is 0.326. The van der Waals surface area contributed by atoms with E-state index in [1.165, 1.54) is 31.0 Å². The summed E-state index contributed by atoms with van der Waals surface area (Å²) in [6.45, 7) is 2.22. The second-order valence-corrected chi connectivity index (χ2v) is 5.99. The summed E-state index contributed by atoms with van der Waals surface area (Å²) in [5.74, 6) is 0.770. The van der Waals surface area contributed by atoms with Gasteiger partial charge in [-0.1, -0.05) is 11.6 Å². The topological polar surface area (TPSA) is 76.4 Å². The third-order valence-corrected chi connectivity index (χ3v) is 3.79. The van der Waals surface area contributed by atoms with E-state index in [-0.39, 0.29) is 5.69 Å². The molecule has 0 amide bonds. The first kappa shape index (κ1) is 16.9. The number of benzene rings is 1. The fourth-order valence-corrected chi connectivity index (χ4v) is 2.18. The van der Waals surface area contributed by atoms with Gasteiger partial charge in [0.2, 0.25) is 0 Å². The Kier molecular flexibility index (Phi) is 6.35. The van der Waals surface area contributed by atoms with Gasteiger partial charge in [0.25, 0.3) is 5.69 Å². The van der Waals surface area contributed by atoms with E-state index in [0.717, 1.165) is 18.9 Å². The van der Waals surface area contributed by atoms with Crippen molar-refractivity contribution in [2.75, 3.05) is 25.1 Å². The zero-order valence-electron chi connectivity index (χ0n) is 12.0. The van der Waals surface area contributed by atoms with Gasteiger partial charge in [0, 0.05) is 31.9 Å². The van der Waals surface area contributed by atoms with Crippen LogP contribution in [0.1, 0.15) is 19.3 Å². The van der Waals surface area contributed by atoms with Gasteiger partial charge in [-0.3, -0.25) is 10.1 Å². The molecule has 0 bridgehead atoms. The number of halogens is 1. The smallest absolute Gasteiger partial charge is 0.271 e. The minimum Gasteiger partial charge on any atom is -0.381 e. The van der Waals surface area contributed by atoms with Crippen molar-refractivity contribution in [1.29, 1.82) is 0 Å². The van der Waals surface area contributed by atoms with Crippen LogP contribution in [0.4, 0.5) is 11.4 Å². The van der Waals surface area contributed by atoms with Crippen molar-refractivity contribution in [2.45, 2.75) is 19.3 Å². The molecule has 1 fully saturated rings. The Bertz CT molecular complexity index is 552. The number of non-ortho nitro benzene ring substituents is 1. The molecular weight excluding hydrogens is 326 g/mol. The lowest BCUT2D eigenvalue weighted by Crippen LogP contribution is -2.30. The second-order valence-electron chi connectivity index (χ2n) is 5.17. The van der Waals surface area contributed by atoms with Crippen LogP contribution in [0.15, 0.2) is 18.2 Å². The average Bonchev–Trinajstić information content (AvgIpc) is 3.29. The molecule has 22 heavy (non-hydrogen) atoms. The van der Waals surface area contributed by atoms with E-state index in [9.17, 15) is 10.1 Å². The highest BCUT2D eigenvalue weighted by molar-refractivity contribution is 7.80. The molecule has 0 heterocycles. The van der Waals surface area contributed by atoms with Crippen LogP contribution in [0.5, 0.6) is 0 Å². The van der Waals surface area contributed by atoms with Crippen molar-refractivity contribution in [3.05, 3.63) is 33.3 Å².